The van der Waals surface area contributed by atoms with Crippen LogP contribution in [0.3, 0.4) is 0 Å². The Kier molecular flexibility index (Phi) is 6.01. The van der Waals surface area contributed by atoms with Gasteiger partial charge in [0, 0.05) is 12.8 Å². The molecule has 28 heavy (non-hydrogen) atoms. The minimum absolute atomic E-state index is 0.00117. The molecular formula is C20H17NO7. The van der Waals surface area contributed by atoms with Crippen LogP contribution < -0.4 is 4.74 Å². The molecule has 0 spiro atoms. The number of esters is 1. The van der Waals surface area contributed by atoms with Gasteiger partial charge in [-0.3, -0.25) is 19.2 Å². The van der Waals surface area contributed by atoms with Crippen LogP contribution in [0.4, 0.5) is 4.79 Å². The molecule has 1 heterocycles. The molecule has 0 atom stereocenters. The Bertz CT molecular complexity index is 861. The van der Waals surface area contributed by atoms with Crippen molar-refractivity contribution < 1.29 is 33.5 Å². The Morgan fingerprint density at radius 1 is 0.857 bits per heavy atom. The van der Waals surface area contributed by atoms with Gasteiger partial charge in [-0.25, -0.2) is 4.79 Å². The molecule has 0 aliphatic carbocycles. The van der Waals surface area contributed by atoms with Crippen molar-refractivity contribution in [2.75, 3.05) is 0 Å². The van der Waals surface area contributed by atoms with Gasteiger partial charge in [-0.1, -0.05) is 47.5 Å². The van der Waals surface area contributed by atoms with E-state index in [4.69, 9.17) is 9.47 Å². The number of carbonyl (C=O) groups excluding carboxylic acids is 4. The molecule has 8 nitrogen and oxygen atoms in total. The lowest BCUT2D eigenvalue weighted by molar-refractivity contribution is -0.174. The molecule has 8 heteroatoms. The van der Waals surface area contributed by atoms with E-state index in [1.54, 1.807) is 12.1 Å². The fourth-order valence-electron chi connectivity index (χ4n) is 2.48. The Morgan fingerprint density at radius 3 is 2.14 bits per heavy atom. The van der Waals surface area contributed by atoms with Crippen LogP contribution in [0.1, 0.15) is 24.0 Å². The zero-order valence-electron chi connectivity index (χ0n) is 14.8. The van der Waals surface area contributed by atoms with E-state index < -0.39 is 18.0 Å². The predicted molar refractivity (Wildman–Crippen MR) is 94.6 cm³/mol. The standard InChI is InChI=1S/C20H17NO7/c22-17-10-11-18(23)21(17)28-20(25)27-16-8-6-14(7-9-16)12-19(24)26-13-15-4-2-1-3-5-15/h1-9H,10-13H2. The highest BCUT2D eigenvalue weighted by Crippen LogP contribution is 2.16. The number of hydrogen-bond acceptors (Lipinski definition) is 7. The SMILES string of the molecule is O=C(Cc1ccc(OC(=O)ON2C(=O)CCC2=O)cc1)OCc1ccccc1. The summed E-state index contributed by atoms with van der Waals surface area (Å²) in [7, 11) is 0. The third-order valence-electron chi connectivity index (χ3n) is 3.89. The van der Waals surface area contributed by atoms with Gasteiger partial charge in [0.05, 0.1) is 6.42 Å². The summed E-state index contributed by atoms with van der Waals surface area (Å²) in [6.45, 7) is 0.195. The van der Waals surface area contributed by atoms with E-state index >= 15 is 0 Å². The lowest BCUT2D eigenvalue weighted by atomic mass is 10.1. The van der Waals surface area contributed by atoms with E-state index in [1.165, 1.54) is 12.1 Å². The van der Waals surface area contributed by atoms with Crippen molar-refractivity contribution in [3.05, 3.63) is 65.7 Å². The average molecular weight is 383 g/mol. The van der Waals surface area contributed by atoms with Crippen molar-refractivity contribution in [1.82, 2.24) is 5.06 Å². The van der Waals surface area contributed by atoms with Gasteiger partial charge in [0.25, 0.3) is 11.8 Å². The largest absolute Gasteiger partial charge is 0.539 e. The summed E-state index contributed by atoms with van der Waals surface area (Å²) in [5.41, 5.74) is 1.57. The number of amides is 2. The molecule has 1 aliphatic heterocycles. The van der Waals surface area contributed by atoms with E-state index in [0.717, 1.165) is 5.56 Å². The average Bonchev–Trinajstić information content (AvgIpc) is 3.01. The van der Waals surface area contributed by atoms with Crippen molar-refractivity contribution >= 4 is 23.9 Å². The number of carbonyl (C=O) groups is 4. The zero-order chi connectivity index (χ0) is 19.9. The topological polar surface area (TPSA) is 99.2 Å². The predicted octanol–water partition coefficient (Wildman–Crippen LogP) is 2.55. The first kappa shape index (κ1) is 19.1. The highest BCUT2D eigenvalue weighted by atomic mass is 16.8. The maximum absolute atomic E-state index is 11.9. The molecule has 2 aromatic rings. The fraction of sp³-hybridized carbons (Fsp3) is 0.200. The molecule has 1 aliphatic rings. The molecular weight excluding hydrogens is 366 g/mol. The summed E-state index contributed by atoms with van der Waals surface area (Å²) in [5.74, 6) is -1.42. The summed E-state index contributed by atoms with van der Waals surface area (Å²) in [4.78, 5) is 51.0. The van der Waals surface area contributed by atoms with Crippen LogP contribution in [-0.4, -0.2) is 29.0 Å². The van der Waals surface area contributed by atoms with Crippen LogP contribution >= 0.6 is 0 Å². The summed E-state index contributed by atoms with van der Waals surface area (Å²) in [5, 5.41) is 0.402. The lowest BCUT2D eigenvalue weighted by Gasteiger charge is -2.12. The number of nitrogens with zero attached hydrogens (tertiary/aromatic N) is 1. The summed E-state index contributed by atoms with van der Waals surface area (Å²) >= 11 is 0. The minimum atomic E-state index is -1.20. The van der Waals surface area contributed by atoms with Crippen LogP contribution in [0, 0.1) is 0 Å². The quantitative estimate of drug-likeness (QED) is 0.429. The van der Waals surface area contributed by atoms with Crippen LogP contribution in [0.15, 0.2) is 54.6 Å². The summed E-state index contributed by atoms with van der Waals surface area (Å²) in [6.07, 6.45) is -1.13. The molecule has 0 unspecified atom stereocenters. The first-order valence-electron chi connectivity index (χ1n) is 8.55. The van der Waals surface area contributed by atoms with E-state index in [9.17, 15) is 19.2 Å². The van der Waals surface area contributed by atoms with Crippen LogP contribution in [0.5, 0.6) is 5.75 Å². The second-order valence-electron chi connectivity index (χ2n) is 5.99. The zero-order valence-corrected chi connectivity index (χ0v) is 14.8. The lowest BCUT2D eigenvalue weighted by Crippen LogP contribution is -2.33. The molecule has 2 aromatic carbocycles. The van der Waals surface area contributed by atoms with Gasteiger partial charge in [0.2, 0.25) is 0 Å². The van der Waals surface area contributed by atoms with Gasteiger partial charge in [0.15, 0.2) is 0 Å². The van der Waals surface area contributed by atoms with Crippen LogP contribution in [0.2, 0.25) is 0 Å². The van der Waals surface area contributed by atoms with E-state index in [0.29, 0.717) is 10.6 Å². The number of rotatable bonds is 6. The fourth-order valence-corrected chi connectivity index (χ4v) is 2.48. The van der Waals surface area contributed by atoms with Crippen molar-refractivity contribution in [1.29, 1.82) is 0 Å². The number of hydrogen-bond donors (Lipinski definition) is 0. The first-order valence-corrected chi connectivity index (χ1v) is 8.55. The van der Waals surface area contributed by atoms with Crippen LogP contribution in [0.25, 0.3) is 0 Å². The molecule has 144 valence electrons. The van der Waals surface area contributed by atoms with Crippen molar-refractivity contribution in [2.45, 2.75) is 25.9 Å². The first-order chi connectivity index (χ1) is 13.5. The number of benzene rings is 2. The second kappa shape index (κ2) is 8.81. The van der Waals surface area contributed by atoms with Gasteiger partial charge in [-0.15, -0.1) is 0 Å². The van der Waals surface area contributed by atoms with Gasteiger partial charge in [0.1, 0.15) is 12.4 Å². The monoisotopic (exact) mass is 383 g/mol. The maximum atomic E-state index is 11.9. The molecule has 0 N–H and O–H groups in total. The Morgan fingerprint density at radius 2 is 1.50 bits per heavy atom. The highest BCUT2D eigenvalue weighted by molar-refractivity contribution is 6.01. The van der Waals surface area contributed by atoms with E-state index in [1.807, 2.05) is 30.3 Å². The molecule has 0 aromatic heterocycles. The molecule has 0 radical (unpaired) electrons. The van der Waals surface area contributed by atoms with E-state index in [-0.39, 0.29) is 37.6 Å². The molecule has 3 rings (SSSR count). The van der Waals surface area contributed by atoms with Gasteiger partial charge in [-0.05, 0) is 23.3 Å². The van der Waals surface area contributed by atoms with Gasteiger partial charge in [-0.2, -0.15) is 0 Å². The van der Waals surface area contributed by atoms with Crippen molar-refractivity contribution in [3.63, 3.8) is 0 Å². The Labute approximate surface area is 160 Å². The van der Waals surface area contributed by atoms with Crippen LogP contribution in [-0.2, 0) is 37.0 Å². The molecule has 1 fully saturated rings. The number of hydroxylamine groups is 2. The second-order valence-corrected chi connectivity index (χ2v) is 5.99. The van der Waals surface area contributed by atoms with Crippen molar-refractivity contribution in [3.8, 4) is 5.75 Å². The third kappa shape index (κ3) is 5.16. The van der Waals surface area contributed by atoms with Gasteiger partial charge < -0.3 is 9.47 Å². The summed E-state index contributed by atoms with van der Waals surface area (Å²) < 4.78 is 10.1. The maximum Gasteiger partial charge on any atom is 0.539 e. The third-order valence-corrected chi connectivity index (χ3v) is 3.89. The molecule has 0 saturated carbocycles. The Hall–Kier alpha value is -3.68. The smallest absolute Gasteiger partial charge is 0.461 e. The Balaban J connectivity index is 1.46. The number of imide groups is 1. The normalized spacial score (nSPS) is 13.4. The molecule has 0 bridgehead atoms. The summed E-state index contributed by atoms with van der Waals surface area (Å²) in [6, 6.07) is 15.5. The van der Waals surface area contributed by atoms with E-state index in [2.05, 4.69) is 4.84 Å². The number of ether oxygens (including phenoxy) is 2. The minimum Gasteiger partial charge on any atom is -0.461 e. The molecule has 2 amide bonds. The van der Waals surface area contributed by atoms with Crippen molar-refractivity contribution in [2.24, 2.45) is 0 Å². The molecule has 1 saturated heterocycles. The van der Waals surface area contributed by atoms with Gasteiger partial charge >= 0.3 is 12.1 Å². The highest BCUT2D eigenvalue weighted by Gasteiger charge is 2.33.